The van der Waals surface area contributed by atoms with Crippen molar-refractivity contribution in [3.8, 4) is 11.1 Å². The lowest BCUT2D eigenvalue weighted by Crippen LogP contribution is -2.23. The number of aliphatic hydroxyl groups excluding tert-OH is 1. The highest BCUT2D eigenvalue weighted by Gasteiger charge is 2.15. The fraction of sp³-hybridized carbons (Fsp3) is 0.308. The SMILES string of the molecule is CCC(CO)Nc1cc(NCc2ccc(-c3ccccc3)cc2)c2ncn(C(C)C)c2n1. The molecule has 0 saturated heterocycles. The van der Waals surface area contributed by atoms with Crippen LogP contribution in [-0.4, -0.2) is 32.3 Å². The van der Waals surface area contributed by atoms with E-state index in [4.69, 9.17) is 4.98 Å². The number of nitrogens with zero attached hydrogens (tertiary/aromatic N) is 3. The van der Waals surface area contributed by atoms with E-state index in [0.717, 1.165) is 29.1 Å². The van der Waals surface area contributed by atoms with Gasteiger partial charge in [-0.05, 0) is 37.0 Å². The van der Waals surface area contributed by atoms with E-state index in [9.17, 15) is 5.11 Å². The fourth-order valence-corrected chi connectivity index (χ4v) is 3.72. The number of rotatable bonds is 9. The Morgan fingerprint density at radius 2 is 1.72 bits per heavy atom. The maximum absolute atomic E-state index is 9.61. The van der Waals surface area contributed by atoms with Gasteiger partial charge in [0.2, 0.25) is 0 Å². The Balaban J connectivity index is 1.58. The number of hydrogen-bond donors (Lipinski definition) is 3. The van der Waals surface area contributed by atoms with Gasteiger partial charge in [-0.25, -0.2) is 9.97 Å². The smallest absolute Gasteiger partial charge is 0.164 e. The zero-order valence-electron chi connectivity index (χ0n) is 18.9. The van der Waals surface area contributed by atoms with Crippen molar-refractivity contribution in [2.24, 2.45) is 0 Å². The molecule has 0 spiro atoms. The van der Waals surface area contributed by atoms with Crippen LogP contribution in [0.3, 0.4) is 0 Å². The molecule has 4 rings (SSSR count). The van der Waals surface area contributed by atoms with E-state index in [2.05, 4.69) is 82.6 Å². The molecule has 0 amide bonds. The Bertz CT molecular complexity index is 1150. The van der Waals surface area contributed by atoms with E-state index in [1.807, 2.05) is 25.4 Å². The maximum atomic E-state index is 9.61. The molecular weight excluding hydrogens is 398 g/mol. The molecule has 0 fully saturated rings. The molecule has 4 aromatic rings. The second-order valence-electron chi connectivity index (χ2n) is 8.32. The first-order valence-corrected chi connectivity index (χ1v) is 11.2. The second-order valence-corrected chi connectivity index (χ2v) is 8.32. The number of benzene rings is 2. The van der Waals surface area contributed by atoms with Crippen molar-refractivity contribution >= 4 is 22.7 Å². The zero-order chi connectivity index (χ0) is 22.5. The van der Waals surface area contributed by atoms with Crippen LogP contribution in [0.25, 0.3) is 22.3 Å². The summed E-state index contributed by atoms with van der Waals surface area (Å²) in [4.78, 5) is 9.42. The molecule has 0 aliphatic carbocycles. The monoisotopic (exact) mass is 429 g/mol. The predicted molar refractivity (Wildman–Crippen MR) is 132 cm³/mol. The summed E-state index contributed by atoms with van der Waals surface area (Å²) in [6.07, 6.45) is 2.66. The Kier molecular flexibility index (Phi) is 6.71. The van der Waals surface area contributed by atoms with Crippen LogP contribution in [0.2, 0.25) is 0 Å². The van der Waals surface area contributed by atoms with E-state index in [1.54, 1.807) is 0 Å². The molecule has 32 heavy (non-hydrogen) atoms. The lowest BCUT2D eigenvalue weighted by atomic mass is 10.0. The molecule has 6 nitrogen and oxygen atoms in total. The molecule has 0 bridgehead atoms. The minimum Gasteiger partial charge on any atom is -0.394 e. The van der Waals surface area contributed by atoms with Gasteiger partial charge < -0.3 is 20.3 Å². The maximum Gasteiger partial charge on any atom is 0.164 e. The van der Waals surface area contributed by atoms with Gasteiger partial charge in [-0.3, -0.25) is 0 Å². The Hall–Kier alpha value is -3.38. The highest BCUT2D eigenvalue weighted by atomic mass is 16.3. The van der Waals surface area contributed by atoms with Crippen LogP contribution in [0.15, 0.2) is 67.0 Å². The summed E-state index contributed by atoms with van der Waals surface area (Å²) in [5.74, 6) is 0.739. The third kappa shape index (κ3) is 4.75. The second kappa shape index (κ2) is 9.83. The molecule has 0 aliphatic heterocycles. The summed E-state index contributed by atoms with van der Waals surface area (Å²) in [5, 5.41) is 16.5. The van der Waals surface area contributed by atoms with Gasteiger partial charge in [-0.1, -0.05) is 61.5 Å². The number of hydrogen-bond acceptors (Lipinski definition) is 5. The molecule has 1 unspecified atom stereocenters. The van der Waals surface area contributed by atoms with E-state index in [1.165, 1.54) is 16.7 Å². The van der Waals surface area contributed by atoms with Gasteiger partial charge in [0.1, 0.15) is 11.3 Å². The van der Waals surface area contributed by atoms with Crippen LogP contribution in [-0.2, 0) is 6.54 Å². The minimum absolute atomic E-state index is 0.0336. The van der Waals surface area contributed by atoms with Gasteiger partial charge >= 0.3 is 0 Å². The summed E-state index contributed by atoms with van der Waals surface area (Å²) in [5.41, 5.74) is 6.22. The van der Waals surface area contributed by atoms with Crippen LogP contribution < -0.4 is 10.6 Å². The number of aliphatic hydroxyl groups is 1. The number of aromatic nitrogens is 3. The molecule has 3 N–H and O–H groups in total. The molecule has 1 atom stereocenters. The van der Waals surface area contributed by atoms with Crippen molar-refractivity contribution < 1.29 is 5.11 Å². The summed E-state index contributed by atoms with van der Waals surface area (Å²) < 4.78 is 2.07. The minimum atomic E-state index is -0.0336. The fourth-order valence-electron chi connectivity index (χ4n) is 3.72. The van der Waals surface area contributed by atoms with Gasteiger partial charge in [0.15, 0.2) is 5.65 Å². The first-order valence-electron chi connectivity index (χ1n) is 11.2. The van der Waals surface area contributed by atoms with E-state index in [-0.39, 0.29) is 18.7 Å². The number of nitrogens with one attached hydrogen (secondary N) is 2. The lowest BCUT2D eigenvalue weighted by Gasteiger charge is -2.17. The van der Waals surface area contributed by atoms with Crippen LogP contribution in [0.4, 0.5) is 11.5 Å². The van der Waals surface area contributed by atoms with Crippen molar-refractivity contribution in [2.45, 2.75) is 45.8 Å². The highest BCUT2D eigenvalue weighted by molar-refractivity contribution is 5.88. The predicted octanol–water partition coefficient (Wildman–Crippen LogP) is 5.47. The van der Waals surface area contributed by atoms with Gasteiger partial charge in [-0.15, -0.1) is 0 Å². The quantitative estimate of drug-likeness (QED) is 0.329. The molecule has 2 aromatic carbocycles. The summed E-state index contributed by atoms with van der Waals surface area (Å²) >= 11 is 0. The molecule has 166 valence electrons. The van der Waals surface area contributed by atoms with Crippen LogP contribution in [0.1, 0.15) is 38.8 Å². The normalized spacial score (nSPS) is 12.3. The van der Waals surface area contributed by atoms with E-state index < -0.39 is 0 Å². The summed E-state index contributed by atoms with van der Waals surface area (Å²) in [7, 11) is 0. The third-order valence-electron chi connectivity index (χ3n) is 5.70. The standard InChI is InChI=1S/C26H31N5O/c1-4-22(16-32)29-24-14-23(25-26(30-24)31(17-28-25)18(2)3)27-15-19-10-12-21(13-11-19)20-8-6-5-7-9-20/h5-14,17-18,22,32H,4,15-16H2,1-3H3,(H2,27,29,30). The average Bonchev–Trinajstić information content (AvgIpc) is 3.26. The lowest BCUT2D eigenvalue weighted by molar-refractivity contribution is 0.271. The highest BCUT2D eigenvalue weighted by Crippen LogP contribution is 2.27. The van der Waals surface area contributed by atoms with Crippen molar-refractivity contribution in [3.05, 3.63) is 72.6 Å². The topological polar surface area (TPSA) is 75.0 Å². The Morgan fingerprint density at radius 1 is 1.00 bits per heavy atom. The summed E-state index contributed by atoms with van der Waals surface area (Å²) in [6, 6.07) is 21.2. The van der Waals surface area contributed by atoms with E-state index >= 15 is 0 Å². The van der Waals surface area contributed by atoms with Crippen molar-refractivity contribution in [2.75, 3.05) is 17.2 Å². The first-order chi connectivity index (χ1) is 15.6. The van der Waals surface area contributed by atoms with Crippen molar-refractivity contribution in [1.82, 2.24) is 14.5 Å². The van der Waals surface area contributed by atoms with Gasteiger partial charge in [0.25, 0.3) is 0 Å². The number of fused-ring (bicyclic) bond motifs is 1. The van der Waals surface area contributed by atoms with Crippen LogP contribution in [0.5, 0.6) is 0 Å². The molecule has 0 aliphatic rings. The largest absolute Gasteiger partial charge is 0.394 e. The molecule has 6 heteroatoms. The zero-order valence-corrected chi connectivity index (χ0v) is 18.9. The van der Waals surface area contributed by atoms with Crippen LogP contribution in [0, 0.1) is 0 Å². The first kappa shape index (κ1) is 21.8. The Labute approximate surface area is 189 Å². The number of anilines is 2. The van der Waals surface area contributed by atoms with E-state index in [0.29, 0.717) is 6.54 Å². The van der Waals surface area contributed by atoms with Gasteiger partial charge in [-0.2, -0.15) is 0 Å². The summed E-state index contributed by atoms with van der Waals surface area (Å²) in [6.45, 7) is 7.03. The van der Waals surface area contributed by atoms with Gasteiger partial charge in [0.05, 0.1) is 24.7 Å². The molecule has 0 saturated carbocycles. The van der Waals surface area contributed by atoms with Crippen molar-refractivity contribution in [1.29, 1.82) is 0 Å². The average molecular weight is 430 g/mol. The molecule has 0 radical (unpaired) electrons. The van der Waals surface area contributed by atoms with Gasteiger partial charge in [0, 0.05) is 18.7 Å². The molecular formula is C26H31N5O. The Morgan fingerprint density at radius 3 is 2.38 bits per heavy atom. The number of pyridine rings is 1. The molecule has 2 aromatic heterocycles. The molecule has 2 heterocycles. The number of imidazole rings is 1. The van der Waals surface area contributed by atoms with Crippen molar-refractivity contribution in [3.63, 3.8) is 0 Å². The van der Waals surface area contributed by atoms with Crippen LogP contribution >= 0.6 is 0 Å². The third-order valence-corrected chi connectivity index (χ3v) is 5.70.